The summed E-state index contributed by atoms with van der Waals surface area (Å²) in [5.41, 5.74) is 0.829. The molecule has 6 nitrogen and oxygen atoms in total. The van der Waals surface area contributed by atoms with E-state index in [1.54, 1.807) is 23.5 Å². The van der Waals surface area contributed by atoms with Gasteiger partial charge in [-0.25, -0.2) is 8.42 Å². The number of halogens is 2. The van der Waals surface area contributed by atoms with Crippen LogP contribution < -0.4 is 4.90 Å². The summed E-state index contributed by atoms with van der Waals surface area (Å²) in [6.07, 6.45) is 0. The van der Waals surface area contributed by atoms with Gasteiger partial charge < -0.3 is 4.90 Å². The lowest BCUT2D eigenvalue weighted by molar-refractivity contribution is 0.383. The van der Waals surface area contributed by atoms with Crippen LogP contribution in [0, 0.1) is 0 Å². The first kappa shape index (κ1) is 19.6. The van der Waals surface area contributed by atoms with E-state index in [-0.39, 0.29) is 14.9 Å². The number of benzene rings is 1. The van der Waals surface area contributed by atoms with Crippen LogP contribution in [-0.2, 0) is 10.0 Å². The fourth-order valence-corrected chi connectivity index (χ4v) is 5.88. The van der Waals surface area contributed by atoms with Crippen LogP contribution in [0.3, 0.4) is 0 Å². The van der Waals surface area contributed by atoms with Crippen molar-refractivity contribution >= 4 is 50.4 Å². The molecule has 10 heteroatoms. The van der Waals surface area contributed by atoms with E-state index in [1.807, 2.05) is 34.5 Å². The highest BCUT2D eigenvalue weighted by molar-refractivity contribution is 7.89. The van der Waals surface area contributed by atoms with Gasteiger partial charge in [0.25, 0.3) is 0 Å². The molecule has 2 aromatic heterocycles. The lowest BCUT2D eigenvalue weighted by Gasteiger charge is -2.34. The molecule has 0 aliphatic carbocycles. The zero-order valence-electron chi connectivity index (χ0n) is 14.6. The zero-order chi connectivity index (χ0) is 19.7. The first-order valence-electron chi connectivity index (χ1n) is 8.53. The van der Waals surface area contributed by atoms with Crippen LogP contribution in [0.15, 0.2) is 52.7 Å². The van der Waals surface area contributed by atoms with Crippen LogP contribution in [0.5, 0.6) is 0 Å². The Kier molecular flexibility index (Phi) is 5.57. The fourth-order valence-electron chi connectivity index (χ4n) is 3.03. The molecule has 0 bridgehead atoms. The van der Waals surface area contributed by atoms with Gasteiger partial charge in [0, 0.05) is 26.2 Å². The molecule has 146 valence electrons. The summed E-state index contributed by atoms with van der Waals surface area (Å²) in [7, 11) is -3.70. The standard InChI is InChI=1S/C18H16Cl2N4O2S2/c19-13-3-1-5-16(18(13)20)28(25,26)24-10-8-23(9-11-24)17-7-6-14(21-22-17)15-4-2-12-27-15/h1-7,12H,8-11H2. The van der Waals surface area contributed by atoms with Crippen molar-refractivity contribution in [3.8, 4) is 10.6 Å². The van der Waals surface area contributed by atoms with Crippen LogP contribution in [0.4, 0.5) is 5.82 Å². The molecule has 1 fully saturated rings. The van der Waals surface area contributed by atoms with Crippen molar-refractivity contribution in [1.82, 2.24) is 14.5 Å². The monoisotopic (exact) mass is 454 g/mol. The molecule has 0 amide bonds. The molecule has 0 saturated carbocycles. The fraction of sp³-hybridized carbons (Fsp3) is 0.222. The Morgan fingerprint density at radius 3 is 2.36 bits per heavy atom. The number of sulfonamides is 1. The molecule has 0 unspecified atom stereocenters. The summed E-state index contributed by atoms with van der Waals surface area (Å²) < 4.78 is 27.3. The molecule has 1 aliphatic rings. The van der Waals surface area contributed by atoms with Crippen LogP contribution in [-0.4, -0.2) is 49.1 Å². The van der Waals surface area contributed by atoms with E-state index in [1.165, 1.54) is 10.4 Å². The van der Waals surface area contributed by atoms with Crippen molar-refractivity contribution in [2.45, 2.75) is 4.90 Å². The van der Waals surface area contributed by atoms with E-state index in [9.17, 15) is 8.42 Å². The summed E-state index contributed by atoms with van der Waals surface area (Å²) in [6, 6.07) is 12.5. The Morgan fingerprint density at radius 1 is 0.929 bits per heavy atom. The Hall–Kier alpha value is -1.71. The van der Waals surface area contributed by atoms with E-state index in [0.717, 1.165) is 16.4 Å². The van der Waals surface area contributed by atoms with Gasteiger partial charge in [0.05, 0.1) is 14.9 Å². The molecule has 0 N–H and O–H groups in total. The number of thiophene rings is 1. The quantitative estimate of drug-likeness (QED) is 0.595. The second kappa shape index (κ2) is 7.96. The average molecular weight is 455 g/mol. The van der Waals surface area contributed by atoms with Crippen molar-refractivity contribution in [3.05, 3.63) is 57.9 Å². The minimum Gasteiger partial charge on any atom is -0.352 e. The molecule has 28 heavy (non-hydrogen) atoms. The zero-order valence-corrected chi connectivity index (χ0v) is 17.8. The summed E-state index contributed by atoms with van der Waals surface area (Å²) in [5.74, 6) is 0.734. The first-order chi connectivity index (χ1) is 13.5. The number of hydrogen-bond donors (Lipinski definition) is 0. The SMILES string of the molecule is O=S(=O)(c1cccc(Cl)c1Cl)N1CCN(c2ccc(-c3cccs3)nn2)CC1. The highest BCUT2D eigenvalue weighted by atomic mass is 35.5. The molecule has 1 saturated heterocycles. The van der Waals surface area contributed by atoms with Gasteiger partial charge in [0.15, 0.2) is 5.82 Å². The number of nitrogens with zero attached hydrogens (tertiary/aromatic N) is 4. The van der Waals surface area contributed by atoms with Gasteiger partial charge in [-0.15, -0.1) is 21.5 Å². The first-order valence-corrected chi connectivity index (χ1v) is 11.6. The second-order valence-corrected chi connectivity index (χ2v) is 9.84. The third-order valence-electron chi connectivity index (χ3n) is 4.52. The van der Waals surface area contributed by atoms with Crippen molar-refractivity contribution in [1.29, 1.82) is 0 Å². The highest BCUT2D eigenvalue weighted by Crippen LogP contribution is 2.31. The summed E-state index contributed by atoms with van der Waals surface area (Å²) in [6.45, 7) is 1.70. The number of rotatable bonds is 4. The maximum absolute atomic E-state index is 12.9. The van der Waals surface area contributed by atoms with Crippen LogP contribution in [0.2, 0.25) is 10.0 Å². The van der Waals surface area contributed by atoms with Gasteiger partial charge in [-0.05, 0) is 35.7 Å². The molecule has 0 atom stereocenters. The third-order valence-corrected chi connectivity index (χ3v) is 8.29. The minimum absolute atomic E-state index is 0.0372. The van der Waals surface area contributed by atoms with Crippen LogP contribution in [0.25, 0.3) is 10.6 Å². The molecular weight excluding hydrogens is 439 g/mol. The largest absolute Gasteiger partial charge is 0.352 e. The summed E-state index contributed by atoms with van der Waals surface area (Å²) in [5, 5.41) is 10.9. The second-order valence-electron chi connectivity index (χ2n) is 6.20. The van der Waals surface area contributed by atoms with Gasteiger partial charge in [-0.2, -0.15) is 4.31 Å². The average Bonchev–Trinajstić information content (AvgIpc) is 3.25. The van der Waals surface area contributed by atoms with Gasteiger partial charge in [0.2, 0.25) is 10.0 Å². The van der Waals surface area contributed by atoms with Crippen molar-refractivity contribution in [3.63, 3.8) is 0 Å². The predicted molar refractivity (Wildman–Crippen MR) is 113 cm³/mol. The number of hydrogen-bond acceptors (Lipinski definition) is 6. The molecule has 1 aromatic carbocycles. The topological polar surface area (TPSA) is 66.4 Å². The summed E-state index contributed by atoms with van der Waals surface area (Å²) in [4.78, 5) is 3.13. The lowest BCUT2D eigenvalue weighted by Crippen LogP contribution is -2.49. The molecule has 1 aliphatic heterocycles. The maximum atomic E-state index is 12.9. The number of piperazine rings is 1. The van der Waals surface area contributed by atoms with E-state index in [0.29, 0.717) is 26.2 Å². The Bertz CT molecular complexity index is 1070. The lowest BCUT2D eigenvalue weighted by atomic mass is 10.3. The van der Waals surface area contributed by atoms with Crippen molar-refractivity contribution < 1.29 is 8.42 Å². The van der Waals surface area contributed by atoms with Crippen LogP contribution in [0.1, 0.15) is 0 Å². The molecule has 3 aromatic rings. The normalized spacial score (nSPS) is 15.7. The van der Waals surface area contributed by atoms with E-state index < -0.39 is 10.0 Å². The Balaban J connectivity index is 1.46. The van der Waals surface area contributed by atoms with E-state index in [4.69, 9.17) is 23.2 Å². The molecule has 3 heterocycles. The van der Waals surface area contributed by atoms with Gasteiger partial charge in [0.1, 0.15) is 10.6 Å². The van der Waals surface area contributed by atoms with Gasteiger partial charge in [-0.1, -0.05) is 35.3 Å². The Morgan fingerprint density at radius 2 is 1.71 bits per heavy atom. The molecular formula is C18H16Cl2N4O2S2. The number of anilines is 1. The molecule has 0 radical (unpaired) electrons. The Labute approximate surface area is 177 Å². The minimum atomic E-state index is -3.70. The maximum Gasteiger partial charge on any atom is 0.244 e. The predicted octanol–water partition coefficient (Wildman–Crippen LogP) is 4.02. The highest BCUT2D eigenvalue weighted by Gasteiger charge is 2.31. The third kappa shape index (κ3) is 3.75. The van der Waals surface area contributed by atoms with Gasteiger partial charge in [-0.3, -0.25) is 0 Å². The van der Waals surface area contributed by atoms with Crippen molar-refractivity contribution in [2.24, 2.45) is 0 Å². The smallest absolute Gasteiger partial charge is 0.244 e. The molecule has 0 spiro atoms. The number of aromatic nitrogens is 2. The van der Waals surface area contributed by atoms with Crippen molar-refractivity contribution in [2.75, 3.05) is 31.1 Å². The van der Waals surface area contributed by atoms with E-state index in [2.05, 4.69) is 10.2 Å². The van der Waals surface area contributed by atoms with Crippen LogP contribution >= 0.6 is 34.5 Å². The van der Waals surface area contributed by atoms with E-state index >= 15 is 0 Å². The summed E-state index contributed by atoms with van der Waals surface area (Å²) >= 11 is 13.7. The van der Waals surface area contributed by atoms with Gasteiger partial charge >= 0.3 is 0 Å². The molecule has 4 rings (SSSR count).